The van der Waals surface area contributed by atoms with Crippen LogP contribution in [-0.4, -0.2) is 41.6 Å². The zero-order valence-electron chi connectivity index (χ0n) is 29.6. The second-order valence-electron chi connectivity index (χ2n) is 13.3. The molecule has 0 heterocycles. The van der Waals surface area contributed by atoms with Gasteiger partial charge in [0.2, 0.25) is 0 Å². The summed E-state index contributed by atoms with van der Waals surface area (Å²) in [5.74, 6) is -0.800. The maximum absolute atomic E-state index is 11.5. The van der Waals surface area contributed by atoms with Gasteiger partial charge in [-0.3, -0.25) is 4.79 Å². The van der Waals surface area contributed by atoms with E-state index >= 15 is 0 Å². The molecule has 3 rings (SSSR count). The Morgan fingerprint density at radius 2 is 1.02 bits per heavy atom. The van der Waals surface area contributed by atoms with Crippen molar-refractivity contribution in [3.8, 4) is 0 Å². The van der Waals surface area contributed by atoms with E-state index in [-0.39, 0.29) is 13.0 Å². The number of aliphatic carboxylic acids is 1. The first-order chi connectivity index (χ1) is 23.6. The molecule has 1 unspecified atom stereocenters. The van der Waals surface area contributed by atoms with Gasteiger partial charge >= 0.3 is 5.97 Å². The quantitative estimate of drug-likeness (QED) is 0.0600. The normalized spacial score (nSPS) is 13.0. The van der Waals surface area contributed by atoms with Crippen LogP contribution in [0.3, 0.4) is 0 Å². The van der Waals surface area contributed by atoms with Crippen molar-refractivity contribution >= 4 is 5.97 Å². The highest BCUT2D eigenvalue weighted by Gasteiger charge is 2.39. The highest BCUT2D eigenvalue weighted by molar-refractivity contribution is 5.66. The molecule has 3 aromatic carbocycles. The van der Waals surface area contributed by atoms with Gasteiger partial charge in [0.15, 0.2) is 0 Å². The Kier molecular flexibility index (Phi) is 19.9. The van der Waals surface area contributed by atoms with Gasteiger partial charge in [-0.05, 0) is 36.0 Å². The van der Waals surface area contributed by atoms with Crippen LogP contribution in [0.5, 0.6) is 0 Å². The van der Waals surface area contributed by atoms with E-state index in [1.54, 1.807) is 0 Å². The van der Waals surface area contributed by atoms with Crippen molar-refractivity contribution in [3.05, 3.63) is 108 Å². The number of hydrogen-bond acceptors (Lipinski definition) is 4. The summed E-state index contributed by atoms with van der Waals surface area (Å²) in [4.78, 5) is 11.0. The van der Waals surface area contributed by atoms with Gasteiger partial charge in [-0.1, -0.05) is 188 Å². The van der Waals surface area contributed by atoms with Crippen LogP contribution in [0.15, 0.2) is 91.0 Å². The number of unbranched alkanes of at least 4 members (excludes halogenated alkanes) is 14. The molecule has 0 spiro atoms. The van der Waals surface area contributed by atoms with Crippen LogP contribution in [0.1, 0.15) is 139 Å². The van der Waals surface area contributed by atoms with Crippen LogP contribution in [0.2, 0.25) is 0 Å². The molecule has 0 aliphatic heterocycles. The van der Waals surface area contributed by atoms with Gasteiger partial charge in [0.1, 0.15) is 11.7 Å². The molecule has 5 heteroatoms. The van der Waals surface area contributed by atoms with Crippen LogP contribution in [0.4, 0.5) is 0 Å². The second kappa shape index (κ2) is 24.2. The van der Waals surface area contributed by atoms with E-state index < -0.39 is 23.8 Å². The number of hydrogen-bond donors (Lipinski definition) is 2. The van der Waals surface area contributed by atoms with Crippen LogP contribution in [-0.2, 0) is 19.9 Å². The molecule has 0 fully saturated rings. The molecule has 264 valence electrons. The summed E-state index contributed by atoms with van der Waals surface area (Å²) in [5.41, 5.74) is 2.11. The van der Waals surface area contributed by atoms with Crippen molar-refractivity contribution in [2.45, 2.75) is 140 Å². The molecular weight excluding hydrogens is 596 g/mol. The highest BCUT2D eigenvalue weighted by atomic mass is 16.6. The Morgan fingerprint density at radius 3 is 1.44 bits per heavy atom. The van der Waals surface area contributed by atoms with E-state index in [1.807, 2.05) is 54.6 Å². The molecule has 0 aliphatic rings. The van der Waals surface area contributed by atoms with E-state index in [0.29, 0.717) is 25.9 Å². The summed E-state index contributed by atoms with van der Waals surface area (Å²) < 4.78 is 13.3. The van der Waals surface area contributed by atoms with Gasteiger partial charge in [0.05, 0.1) is 12.7 Å². The fourth-order valence-electron chi connectivity index (χ4n) is 6.59. The largest absolute Gasteiger partial charge is 0.481 e. The highest BCUT2D eigenvalue weighted by Crippen LogP contribution is 2.40. The number of aliphatic hydroxyl groups is 1. The topological polar surface area (TPSA) is 76.0 Å². The summed E-state index contributed by atoms with van der Waals surface area (Å²) in [6.45, 7) is 2.84. The maximum atomic E-state index is 11.5. The van der Waals surface area contributed by atoms with Gasteiger partial charge in [-0.15, -0.1) is 0 Å². The molecule has 0 radical (unpaired) electrons. The molecule has 5 nitrogen and oxygen atoms in total. The van der Waals surface area contributed by atoms with Crippen LogP contribution < -0.4 is 0 Å². The number of aliphatic hydroxyl groups excluding tert-OH is 1. The number of carbonyl (C=O) groups is 1. The first kappa shape index (κ1) is 39.4. The van der Waals surface area contributed by atoms with E-state index in [4.69, 9.17) is 14.6 Å². The summed E-state index contributed by atoms with van der Waals surface area (Å²) >= 11 is 0. The summed E-state index contributed by atoms with van der Waals surface area (Å²) in [5, 5.41) is 20.5. The fourth-order valence-corrected chi connectivity index (χ4v) is 6.59. The van der Waals surface area contributed by atoms with Crippen LogP contribution in [0.25, 0.3) is 0 Å². The predicted octanol–water partition coefficient (Wildman–Crippen LogP) is 10.9. The van der Waals surface area contributed by atoms with Crippen molar-refractivity contribution < 1.29 is 24.5 Å². The summed E-state index contributed by atoms with van der Waals surface area (Å²) in [6, 6.07) is 30.7. The molecule has 3 aromatic rings. The van der Waals surface area contributed by atoms with Gasteiger partial charge in [-0.2, -0.15) is 0 Å². The minimum absolute atomic E-state index is 0.116. The second-order valence-corrected chi connectivity index (χ2v) is 13.3. The van der Waals surface area contributed by atoms with Gasteiger partial charge in [0, 0.05) is 13.0 Å². The molecule has 0 bridgehead atoms. The third-order valence-corrected chi connectivity index (χ3v) is 9.40. The summed E-state index contributed by atoms with van der Waals surface area (Å²) in [6.07, 6.45) is 18.8. The number of ether oxygens (including phenoxy) is 2. The lowest BCUT2D eigenvalue weighted by Crippen LogP contribution is -2.40. The molecule has 0 aromatic heterocycles. The van der Waals surface area contributed by atoms with E-state index in [9.17, 15) is 9.90 Å². The number of rotatable bonds is 28. The first-order valence-corrected chi connectivity index (χ1v) is 18.9. The third kappa shape index (κ3) is 14.2. The Balaban J connectivity index is 1.58. The third-order valence-electron chi connectivity index (χ3n) is 9.40. The first-order valence-electron chi connectivity index (χ1n) is 18.9. The molecular formula is C43H62O5. The smallest absolute Gasteiger partial charge is 0.303 e. The lowest BCUT2D eigenvalue weighted by molar-refractivity contribution is -0.137. The standard InChI is InChI=1S/C43H62O5/c1-2-3-4-5-6-7-8-9-10-11-12-13-14-24-33-40(44)41(47-35-26-25-34-42(45)46)36-48-43(37-27-18-15-19-28-37,38-29-20-16-21-30-38)39-31-22-17-23-32-39/h15-23,27-32,40-41,44H,2-14,24-26,33-36H2,1H3,(H,45,46)/t40?,41-/m0/s1. The van der Waals surface area contributed by atoms with E-state index in [2.05, 4.69) is 43.3 Å². The lowest BCUT2D eigenvalue weighted by atomic mass is 9.80. The fraction of sp³-hybridized carbons (Fsp3) is 0.558. The van der Waals surface area contributed by atoms with Crippen molar-refractivity contribution in [2.75, 3.05) is 13.2 Å². The van der Waals surface area contributed by atoms with E-state index in [1.165, 1.54) is 77.0 Å². The Labute approximate surface area is 291 Å². The van der Waals surface area contributed by atoms with Crippen molar-refractivity contribution in [2.24, 2.45) is 0 Å². The maximum Gasteiger partial charge on any atom is 0.303 e. The molecule has 2 atom stereocenters. The van der Waals surface area contributed by atoms with E-state index in [0.717, 1.165) is 29.5 Å². The zero-order valence-corrected chi connectivity index (χ0v) is 29.6. The monoisotopic (exact) mass is 658 g/mol. The Morgan fingerprint density at radius 1 is 0.604 bits per heavy atom. The van der Waals surface area contributed by atoms with Crippen LogP contribution in [0, 0.1) is 0 Å². The number of carboxylic acid groups (broad SMARTS) is 1. The molecule has 0 amide bonds. The SMILES string of the molecule is CCCCCCCCCCCCCCCCC(O)[C@H](COC(c1ccccc1)(c1ccccc1)c1ccccc1)OCCCCC(=O)O. The number of benzene rings is 3. The van der Waals surface area contributed by atoms with Crippen molar-refractivity contribution in [1.82, 2.24) is 0 Å². The van der Waals surface area contributed by atoms with Gasteiger partial charge in [0.25, 0.3) is 0 Å². The minimum atomic E-state index is -0.899. The zero-order chi connectivity index (χ0) is 34.1. The van der Waals surface area contributed by atoms with Crippen molar-refractivity contribution in [1.29, 1.82) is 0 Å². The van der Waals surface area contributed by atoms with Gasteiger partial charge < -0.3 is 19.7 Å². The average molecular weight is 659 g/mol. The minimum Gasteiger partial charge on any atom is -0.481 e. The van der Waals surface area contributed by atoms with Gasteiger partial charge in [-0.25, -0.2) is 0 Å². The van der Waals surface area contributed by atoms with Crippen LogP contribution >= 0.6 is 0 Å². The molecule has 2 N–H and O–H groups in total. The van der Waals surface area contributed by atoms with Crippen molar-refractivity contribution in [3.63, 3.8) is 0 Å². The summed E-state index contributed by atoms with van der Waals surface area (Å²) in [7, 11) is 0. The average Bonchev–Trinajstić information content (AvgIpc) is 3.12. The Bertz CT molecular complexity index is 1100. The number of carboxylic acids is 1. The molecule has 48 heavy (non-hydrogen) atoms. The predicted molar refractivity (Wildman–Crippen MR) is 197 cm³/mol. The molecule has 0 saturated carbocycles. The molecule has 0 aliphatic carbocycles. The molecule has 0 saturated heterocycles. The lowest BCUT2D eigenvalue weighted by Gasteiger charge is -2.37. The Hall–Kier alpha value is -2.99.